The number of aromatic nitrogens is 2. The summed E-state index contributed by atoms with van der Waals surface area (Å²) in [5, 5.41) is 0. The van der Waals surface area contributed by atoms with Crippen LogP contribution in [-0.2, 0) is 12.8 Å². The molecular formula is C16H20N2O. The minimum absolute atomic E-state index is 0.00515. The van der Waals surface area contributed by atoms with Gasteiger partial charge >= 0.3 is 0 Å². The first-order valence-corrected chi connectivity index (χ1v) is 6.71. The number of aryl methyl sites for hydroxylation is 3. The number of hydrogen-bond acceptors (Lipinski definition) is 2. The zero-order valence-electron chi connectivity index (χ0n) is 11.7. The van der Waals surface area contributed by atoms with Crippen LogP contribution in [0.2, 0.25) is 0 Å². The summed E-state index contributed by atoms with van der Waals surface area (Å²) in [6.45, 7) is 5.95. The van der Waals surface area contributed by atoms with Gasteiger partial charge in [0.05, 0.1) is 0 Å². The summed E-state index contributed by atoms with van der Waals surface area (Å²) in [6.07, 6.45) is 1.66. The largest absolute Gasteiger partial charge is 0.310 e. The van der Waals surface area contributed by atoms with Gasteiger partial charge in [0.25, 0.3) is 5.56 Å². The molecule has 1 heterocycles. The van der Waals surface area contributed by atoms with Crippen LogP contribution >= 0.6 is 0 Å². The minimum Gasteiger partial charge on any atom is -0.310 e. The Hall–Kier alpha value is -1.90. The van der Waals surface area contributed by atoms with Crippen LogP contribution in [0.15, 0.2) is 35.1 Å². The van der Waals surface area contributed by atoms with Crippen molar-refractivity contribution in [3.63, 3.8) is 0 Å². The predicted molar refractivity (Wildman–Crippen MR) is 77.5 cm³/mol. The molecule has 3 heteroatoms. The lowest BCUT2D eigenvalue weighted by molar-refractivity contribution is 0.770. The highest BCUT2D eigenvalue weighted by molar-refractivity contribution is 5.21. The standard InChI is InChI=1S/C16H20N2O/c1-11(2)15-12(3)17-14(18-16(15)19)10-9-13-7-5-4-6-8-13/h4-8,11H,9-10H2,1-3H3,(H,17,18,19). The van der Waals surface area contributed by atoms with Crippen molar-refractivity contribution >= 4 is 0 Å². The van der Waals surface area contributed by atoms with Crippen molar-refractivity contribution in [1.82, 2.24) is 9.97 Å². The van der Waals surface area contributed by atoms with Crippen LogP contribution in [0.5, 0.6) is 0 Å². The van der Waals surface area contributed by atoms with Crippen LogP contribution in [0.1, 0.15) is 42.4 Å². The Kier molecular flexibility index (Phi) is 4.15. The van der Waals surface area contributed by atoms with Crippen LogP contribution < -0.4 is 5.56 Å². The second kappa shape index (κ2) is 5.83. The van der Waals surface area contributed by atoms with Crippen LogP contribution in [0.3, 0.4) is 0 Å². The van der Waals surface area contributed by atoms with Crippen LogP contribution in [0, 0.1) is 6.92 Å². The van der Waals surface area contributed by atoms with E-state index >= 15 is 0 Å². The number of benzene rings is 1. The Morgan fingerprint density at radius 1 is 1.16 bits per heavy atom. The number of nitrogens with zero attached hydrogens (tertiary/aromatic N) is 1. The van der Waals surface area contributed by atoms with Crippen molar-refractivity contribution in [3.8, 4) is 0 Å². The fraction of sp³-hybridized carbons (Fsp3) is 0.375. The SMILES string of the molecule is Cc1nc(CCc2ccccc2)[nH]c(=O)c1C(C)C. The first-order chi connectivity index (χ1) is 9.08. The van der Waals surface area contributed by atoms with Gasteiger partial charge in [0.2, 0.25) is 0 Å². The lowest BCUT2D eigenvalue weighted by Crippen LogP contribution is -2.20. The molecule has 0 bridgehead atoms. The van der Waals surface area contributed by atoms with Gasteiger partial charge in [0, 0.05) is 17.7 Å². The molecule has 0 spiro atoms. The number of aromatic amines is 1. The molecule has 3 nitrogen and oxygen atoms in total. The van der Waals surface area contributed by atoms with Crippen molar-refractivity contribution in [2.24, 2.45) is 0 Å². The third kappa shape index (κ3) is 3.31. The molecule has 1 aromatic heterocycles. The molecule has 0 aliphatic rings. The number of hydrogen-bond donors (Lipinski definition) is 1. The zero-order chi connectivity index (χ0) is 13.8. The molecule has 2 aromatic rings. The topological polar surface area (TPSA) is 45.8 Å². The molecule has 0 fully saturated rings. The van der Waals surface area contributed by atoms with Crippen LogP contribution in [0.25, 0.3) is 0 Å². The highest BCUT2D eigenvalue weighted by Crippen LogP contribution is 2.12. The molecule has 0 saturated carbocycles. The fourth-order valence-electron chi connectivity index (χ4n) is 2.36. The van der Waals surface area contributed by atoms with E-state index in [1.165, 1.54) is 5.56 Å². The Morgan fingerprint density at radius 3 is 2.42 bits per heavy atom. The van der Waals surface area contributed by atoms with Crippen molar-refractivity contribution in [2.45, 2.75) is 39.5 Å². The van der Waals surface area contributed by atoms with Crippen LogP contribution in [-0.4, -0.2) is 9.97 Å². The molecule has 0 radical (unpaired) electrons. The fourth-order valence-corrected chi connectivity index (χ4v) is 2.36. The highest BCUT2D eigenvalue weighted by atomic mass is 16.1. The number of nitrogens with one attached hydrogen (secondary N) is 1. The average molecular weight is 256 g/mol. The molecule has 1 N–H and O–H groups in total. The van der Waals surface area contributed by atoms with Gasteiger partial charge in [0.1, 0.15) is 5.82 Å². The quantitative estimate of drug-likeness (QED) is 0.914. The van der Waals surface area contributed by atoms with E-state index in [2.05, 4.69) is 22.1 Å². The Bertz CT molecular complexity index is 600. The number of H-pyrrole nitrogens is 1. The molecule has 100 valence electrons. The third-order valence-electron chi connectivity index (χ3n) is 3.27. The first-order valence-electron chi connectivity index (χ1n) is 6.71. The smallest absolute Gasteiger partial charge is 0.254 e. The summed E-state index contributed by atoms with van der Waals surface area (Å²) in [6, 6.07) is 10.2. The maximum Gasteiger partial charge on any atom is 0.254 e. The van der Waals surface area contributed by atoms with E-state index < -0.39 is 0 Å². The molecule has 19 heavy (non-hydrogen) atoms. The third-order valence-corrected chi connectivity index (χ3v) is 3.27. The average Bonchev–Trinajstić information content (AvgIpc) is 2.36. The van der Waals surface area contributed by atoms with Gasteiger partial charge in [-0.25, -0.2) is 4.98 Å². The monoisotopic (exact) mass is 256 g/mol. The molecule has 0 aliphatic heterocycles. The predicted octanol–water partition coefficient (Wildman–Crippen LogP) is 2.99. The lowest BCUT2D eigenvalue weighted by atomic mass is 10.0. The molecule has 0 atom stereocenters. The zero-order valence-corrected chi connectivity index (χ0v) is 11.7. The van der Waals surface area contributed by atoms with Crippen molar-refractivity contribution in [3.05, 3.63) is 63.3 Å². The van der Waals surface area contributed by atoms with E-state index in [9.17, 15) is 4.79 Å². The summed E-state index contributed by atoms with van der Waals surface area (Å²) in [5.74, 6) is 0.982. The van der Waals surface area contributed by atoms with Gasteiger partial charge in [-0.05, 0) is 24.8 Å². The van der Waals surface area contributed by atoms with E-state index in [4.69, 9.17) is 0 Å². The molecule has 2 rings (SSSR count). The molecule has 1 aromatic carbocycles. The van der Waals surface area contributed by atoms with E-state index in [-0.39, 0.29) is 11.5 Å². The lowest BCUT2D eigenvalue weighted by Gasteiger charge is -2.09. The van der Waals surface area contributed by atoms with E-state index in [0.29, 0.717) is 0 Å². The molecule has 0 unspecified atom stereocenters. The second-order valence-electron chi connectivity index (χ2n) is 5.15. The minimum atomic E-state index is 0.00515. The maximum atomic E-state index is 12.0. The van der Waals surface area contributed by atoms with Crippen LogP contribution in [0.4, 0.5) is 0 Å². The van der Waals surface area contributed by atoms with E-state index in [0.717, 1.165) is 29.9 Å². The maximum absolute atomic E-state index is 12.0. The Morgan fingerprint density at radius 2 is 1.84 bits per heavy atom. The molecule has 0 amide bonds. The second-order valence-corrected chi connectivity index (χ2v) is 5.15. The summed E-state index contributed by atoms with van der Waals surface area (Å²) in [7, 11) is 0. The van der Waals surface area contributed by atoms with Gasteiger partial charge in [-0.1, -0.05) is 44.2 Å². The van der Waals surface area contributed by atoms with Gasteiger partial charge in [0.15, 0.2) is 0 Å². The summed E-state index contributed by atoms with van der Waals surface area (Å²) in [5.41, 5.74) is 2.91. The summed E-state index contributed by atoms with van der Waals surface area (Å²) >= 11 is 0. The van der Waals surface area contributed by atoms with Gasteiger partial charge in [-0.2, -0.15) is 0 Å². The highest BCUT2D eigenvalue weighted by Gasteiger charge is 2.11. The van der Waals surface area contributed by atoms with Crippen molar-refractivity contribution in [1.29, 1.82) is 0 Å². The molecule has 0 aliphatic carbocycles. The Balaban J connectivity index is 2.17. The van der Waals surface area contributed by atoms with Gasteiger partial charge < -0.3 is 4.98 Å². The van der Waals surface area contributed by atoms with E-state index in [1.807, 2.05) is 39.0 Å². The molecular weight excluding hydrogens is 236 g/mol. The number of rotatable bonds is 4. The first kappa shape index (κ1) is 13.5. The Labute approximate surface area is 113 Å². The summed E-state index contributed by atoms with van der Waals surface area (Å²) in [4.78, 5) is 19.4. The normalized spacial score (nSPS) is 10.9. The summed E-state index contributed by atoms with van der Waals surface area (Å²) < 4.78 is 0. The van der Waals surface area contributed by atoms with Crippen molar-refractivity contribution in [2.75, 3.05) is 0 Å². The van der Waals surface area contributed by atoms with Gasteiger partial charge in [-0.15, -0.1) is 0 Å². The molecule has 0 saturated heterocycles. The van der Waals surface area contributed by atoms with E-state index in [1.54, 1.807) is 0 Å². The van der Waals surface area contributed by atoms with Crippen molar-refractivity contribution < 1.29 is 0 Å². The van der Waals surface area contributed by atoms with Gasteiger partial charge in [-0.3, -0.25) is 4.79 Å².